The van der Waals surface area contributed by atoms with Gasteiger partial charge in [0.2, 0.25) is 0 Å². The molecule has 1 fully saturated rings. The lowest BCUT2D eigenvalue weighted by Crippen LogP contribution is -2.60. The van der Waals surface area contributed by atoms with Crippen LogP contribution in [0.2, 0.25) is 0 Å². The van der Waals surface area contributed by atoms with Crippen molar-refractivity contribution in [2.45, 2.75) is 50.6 Å². The highest BCUT2D eigenvalue weighted by Gasteiger charge is 2.60. The zero-order chi connectivity index (χ0) is 30.7. The van der Waals surface area contributed by atoms with Gasteiger partial charge >= 0.3 is 0 Å². The van der Waals surface area contributed by atoms with Crippen LogP contribution in [0.1, 0.15) is 56.2 Å². The number of carbonyl (C=O) groups is 3. The smallest absolute Gasteiger partial charge is 0.293 e. The Balaban J connectivity index is 1.34. The molecule has 1 aliphatic heterocycles. The lowest BCUT2D eigenvalue weighted by Gasteiger charge is -2.45. The maximum Gasteiger partial charge on any atom is 0.293 e. The molecule has 0 saturated heterocycles. The van der Waals surface area contributed by atoms with Gasteiger partial charge in [0.25, 0.3) is 23.5 Å². The van der Waals surface area contributed by atoms with Gasteiger partial charge < -0.3 is 15.2 Å². The maximum absolute atomic E-state index is 13.9. The van der Waals surface area contributed by atoms with Gasteiger partial charge in [-0.2, -0.15) is 0 Å². The van der Waals surface area contributed by atoms with E-state index in [9.17, 15) is 36.3 Å². The molecule has 1 aliphatic carbocycles. The van der Waals surface area contributed by atoms with Crippen molar-refractivity contribution >= 4 is 34.6 Å². The standard InChI is InChI=1S/C29H22F5N5O3S/c1-14-21(25(41)36-15-9-18(30)22(32)19(31)10-15)20-7-4-8-39(20)23(14)16-5-2-3-6-17(16)24(40)26(42)37-28(11-29(33,34)12-28)27-38-35-13-43-27/h2-3,5-6,9-10,13H,4,7-8,11-12H2,1H3,(H,36,41)(H,37,42). The average molecular weight is 616 g/mol. The molecule has 2 aliphatic rings. The summed E-state index contributed by atoms with van der Waals surface area (Å²) in [6, 6.07) is 7.58. The molecular weight excluding hydrogens is 593 g/mol. The quantitative estimate of drug-likeness (QED) is 0.123. The minimum absolute atomic E-state index is 0.0107. The normalized spacial score (nSPS) is 16.3. The van der Waals surface area contributed by atoms with Crippen LogP contribution in [0.5, 0.6) is 0 Å². The number of nitrogens with zero attached hydrogens (tertiary/aromatic N) is 3. The summed E-state index contributed by atoms with van der Waals surface area (Å²) in [5.74, 6) is -10.4. The van der Waals surface area contributed by atoms with Crippen LogP contribution in [0.4, 0.5) is 27.6 Å². The first-order valence-electron chi connectivity index (χ1n) is 13.2. The van der Waals surface area contributed by atoms with Crippen molar-refractivity contribution in [3.63, 3.8) is 0 Å². The van der Waals surface area contributed by atoms with Crippen LogP contribution in [0.25, 0.3) is 11.3 Å². The van der Waals surface area contributed by atoms with Crippen LogP contribution < -0.4 is 10.6 Å². The fraction of sp³-hybridized carbons (Fsp3) is 0.276. The summed E-state index contributed by atoms with van der Waals surface area (Å²) in [5, 5.41) is 12.6. The Morgan fingerprint density at radius 3 is 2.40 bits per heavy atom. The first kappa shape index (κ1) is 28.6. The van der Waals surface area contributed by atoms with E-state index in [0.29, 0.717) is 54.0 Å². The Hall–Kier alpha value is -4.46. The Kier molecular flexibility index (Phi) is 6.91. The van der Waals surface area contributed by atoms with Crippen LogP contribution >= 0.6 is 11.3 Å². The zero-order valence-corrected chi connectivity index (χ0v) is 23.3. The first-order valence-corrected chi connectivity index (χ1v) is 14.1. The molecule has 3 heterocycles. The molecule has 43 heavy (non-hydrogen) atoms. The highest BCUT2D eigenvalue weighted by molar-refractivity contribution is 7.09. The van der Waals surface area contributed by atoms with Gasteiger partial charge in [-0.15, -0.1) is 21.5 Å². The van der Waals surface area contributed by atoms with E-state index in [-0.39, 0.29) is 21.8 Å². The Morgan fingerprint density at radius 2 is 1.74 bits per heavy atom. The number of ketones is 1. The minimum Gasteiger partial charge on any atom is -0.344 e. The SMILES string of the molecule is Cc1c(C(=O)Nc2cc(F)c(F)c(F)c2)c2n(c1-c1ccccc1C(=O)C(=O)NC1(c3nncs3)CC(F)(F)C1)CCC2. The summed E-state index contributed by atoms with van der Waals surface area (Å²) in [4.78, 5) is 40.2. The van der Waals surface area contributed by atoms with E-state index < -0.39 is 59.4 Å². The molecule has 2 aromatic carbocycles. The highest BCUT2D eigenvalue weighted by atomic mass is 32.1. The fourth-order valence-electron chi connectivity index (χ4n) is 5.98. The Morgan fingerprint density at radius 1 is 1.05 bits per heavy atom. The molecule has 8 nitrogen and oxygen atoms in total. The molecule has 2 amide bonds. The van der Waals surface area contributed by atoms with E-state index in [4.69, 9.17) is 0 Å². The monoisotopic (exact) mass is 615 g/mol. The number of hydrogen-bond acceptors (Lipinski definition) is 6. The number of fused-ring (bicyclic) bond motifs is 1. The number of aromatic nitrogens is 3. The topological polar surface area (TPSA) is 106 Å². The molecule has 0 unspecified atom stereocenters. The number of alkyl halides is 2. The number of hydrogen-bond donors (Lipinski definition) is 2. The summed E-state index contributed by atoms with van der Waals surface area (Å²) in [5.41, 5.74) is 1.64. The van der Waals surface area contributed by atoms with Gasteiger partial charge in [-0.1, -0.05) is 24.3 Å². The second kappa shape index (κ2) is 10.4. The van der Waals surface area contributed by atoms with Crippen LogP contribution in [-0.4, -0.2) is 38.3 Å². The van der Waals surface area contributed by atoms with Gasteiger partial charge in [0, 0.05) is 54.0 Å². The average Bonchev–Trinajstić information content (AvgIpc) is 3.68. The summed E-state index contributed by atoms with van der Waals surface area (Å²) >= 11 is 0.997. The van der Waals surface area contributed by atoms with Crippen molar-refractivity contribution in [3.8, 4) is 11.3 Å². The molecule has 0 radical (unpaired) electrons. The van der Waals surface area contributed by atoms with E-state index in [2.05, 4.69) is 20.8 Å². The van der Waals surface area contributed by atoms with E-state index in [1.54, 1.807) is 25.1 Å². The van der Waals surface area contributed by atoms with Crippen molar-refractivity contribution in [1.82, 2.24) is 20.1 Å². The summed E-state index contributed by atoms with van der Waals surface area (Å²) in [6.45, 7) is 2.13. The molecule has 0 bridgehead atoms. The Labute approximate surface area is 244 Å². The fourth-order valence-corrected chi connectivity index (χ4v) is 6.69. The number of amides is 2. The number of nitrogens with one attached hydrogen (secondary N) is 2. The predicted octanol–water partition coefficient (Wildman–Crippen LogP) is 5.55. The van der Waals surface area contributed by atoms with E-state index in [1.807, 2.05) is 4.57 Å². The molecule has 222 valence electrons. The van der Waals surface area contributed by atoms with Crippen molar-refractivity contribution in [3.05, 3.63) is 86.8 Å². The molecule has 6 rings (SSSR count). The predicted molar refractivity (Wildman–Crippen MR) is 145 cm³/mol. The molecule has 2 aromatic heterocycles. The largest absolute Gasteiger partial charge is 0.344 e. The number of rotatable bonds is 7. The van der Waals surface area contributed by atoms with Gasteiger partial charge in [0.1, 0.15) is 16.1 Å². The van der Waals surface area contributed by atoms with E-state index in [1.165, 1.54) is 11.6 Å². The van der Waals surface area contributed by atoms with Gasteiger partial charge in [0.05, 0.1) is 11.3 Å². The number of benzene rings is 2. The van der Waals surface area contributed by atoms with Gasteiger partial charge in [-0.05, 0) is 25.3 Å². The minimum atomic E-state index is -3.04. The zero-order valence-electron chi connectivity index (χ0n) is 22.4. The van der Waals surface area contributed by atoms with E-state index >= 15 is 0 Å². The summed E-state index contributed by atoms with van der Waals surface area (Å²) in [7, 11) is 0. The Bertz CT molecular complexity index is 1770. The number of carbonyl (C=O) groups excluding carboxylic acids is 3. The van der Waals surface area contributed by atoms with Gasteiger partial charge in [0.15, 0.2) is 17.5 Å². The molecule has 2 N–H and O–H groups in total. The number of Topliss-reactive ketones (excluding diaryl/α,β-unsaturated/α-hetero) is 1. The number of anilines is 1. The maximum atomic E-state index is 13.9. The molecular formula is C29H22F5N5O3S. The summed E-state index contributed by atoms with van der Waals surface area (Å²) in [6.07, 6.45) is -0.286. The second-order valence-corrected chi connectivity index (χ2v) is 11.5. The van der Waals surface area contributed by atoms with E-state index in [0.717, 1.165) is 11.3 Å². The van der Waals surface area contributed by atoms with Gasteiger partial charge in [-0.25, -0.2) is 22.0 Å². The third kappa shape index (κ3) is 4.88. The second-order valence-electron chi connectivity index (χ2n) is 10.6. The molecule has 4 aromatic rings. The summed E-state index contributed by atoms with van der Waals surface area (Å²) < 4.78 is 70.7. The molecule has 14 heteroatoms. The first-order chi connectivity index (χ1) is 20.4. The lowest BCUT2D eigenvalue weighted by molar-refractivity contribution is -0.147. The lowest BCUT2D eigenvalue weighted by atomic mass is 9.73. The van der Waals surface area contributed by atoms with Crippen LogP contribution in [-0.2, 0) is 23.3 Å². The van der Waals surface area contributed by atoms with Crippen LogP contribution in [0, 0.1) is 24.4 Å². The molecule has 1 saturated carbocycles. The molecule has 0 atom stereocenters. The van der Waals surface area contributed by atoms with Crippen molar-refractivity contribution in [2.75, 3.05) is 5.32 Å². The molecule has 0 spiro atoms. The van der Waals surface area contributed by atoms with Crippen molar-refractivity contribution in [1.29, 1.82) is 0 Å². The van der Waals surface area contributed by atoms with Crippen LogP contribution in [0.3, 0.4) is 0 Å². The van der Waals surface area contributed by atoms with Crippen molar-refractivity contribution in [2.24, 2.45) is 0 Å². The van der Waals surface area contributed by atoms with Crippen molar-refractivity contribution < 1.29 is 36.3 Å². The third-order valence-electron chi connectivity index (χ3n) is 7.75. The highest BCUT2D eigenvalue weighted by Crippen LogP contribution is 2.52. The van der Waals surface area contributed by atoms with Crippen LogP contribution in [0.15, 0.2) is 41.9 Å². The third-order valence-corrected chi connectivity index (χ3v) is 8.65. The van der Waals surface area contributed by atoms with Gasteiger partial charge in [-0.3, -0.25) is 14.4 Å². The number of halogens is 5.